The molecule has 0 saturated heterocycles. The number of benzene rings is 1. The van der Waals surface area contributed by atoms with Crippen molar-refractivity contribution in [1.82, 2.24) is 0 Å². The lowest BCUT2D eigenvalue weighted by Crippen LogP contribution is -2.03. The predicted octanol–water partition coefficient (Wildman–Crippen LogP) is 3.17. The molecule has 94 valence electrons. The van der Waals surface area contributed by atoms with Gasteiger partial charge in [-0.25, -0.2) is 4.79 Å². The summed E-state index contributed by atoms with van der Waals surface area (Å²) in [5, 5.41) is 0. The van der Waals surface area contributed by atoms with E-state index in [2.05, 4.69) is 0 Å². The first-order valence-corrected chi connectivity index (χ1v) is 6.08. The first-order chi connectivity index (χ1) is 8.78. The number of ether oxygens (including phenoxy) is 1. The van der Waals surface area contributed by atoms with Crippen LogP contribution in [0.2, 0.25) is 0 Å². The van der Waals surface area contributed by atoms with Crippen LogP contribution < -0.4 is 10.4 Å². The summed E-state index contributed by atoms with van der Waals surface area (Å²) in [5.74, 6) is 1.24. The molecule has 0 aliphatic carbocycles. The lowest BCUT2D eigenvalue weighted by atomic mass is 10.2. The van der Waals surface area contributed by atoms with Crippen molar-refractivity contribution in [1.29, 1.82) is 0 Å². The monoisotopic (exact) mass is 244 g/mol. The molecule has 18 heavy (non-hydrogen) atoms. The first kappa shape index (κ1) is 12.4. The van der Waals surface area contributed by atoms with Crippen LogP contribution in [0.15, 0.2) is 51.7 Å². The summed E-state index contributed by atoms with van der Waals surface area (Å²) in [7, 11) is 0. The van der Waals surface area contributed by atoms with Crippen molar-refractivity contribution in [3.05, 3.63) is 64.2 Å². The molecule has 0 amide bonds. The Balaban J connectivity index is 2.07. The number of hydrogen-bond acceptors (Lipinski definition) is 3. The SMILES string of the molecule is CCCc1cc(OCc2ccccc2)cc(=O)o1. The minimum atomic E-state index is -0.357. The number of aryl methyl sites for hydroxylation is 1. The smallest absolute Gasteiger partial charge is 0.339 e. The molecule has 0 atom stereocenters. The topological polar surface area (TPSA) is 39.4 Å². The standard InChI is InChI=1S/C15H16O3/c1-2-6-13-9-14(10-15(16)18-13)17-11-12-7-4-3-5-8-12/h3-5,7-10H,2,6,11H2,1H3. The van der Waals surface area contributed by atoms with Crippen LogP contribution in [-0.4, -0.2) is 0 Å². The van der Waals surface area contributed by atoms with Crippen molar-refractivity contribution in [2.45, 2.75) is 26.4 Å². The van der Waals surface area contributed by atoms with Gasteiger partial charge in [0, 0.05) is 12.5 Å². The molecule has 0 saturated carbocycles. The van der Waals surface area contributed by atoms with E-state index in [4.69, 9.17) is 9.15 Å². The maximum Gasteiger partial charge on any atom is 0.339 e. The second kappa shape index (κ2) is 6.05. The summed E-state index contributed by atoms with van der Waals surface area (Å²) < 4.78 is 10.7. The Morgan fingerprint density at radius 2 is 1.94 bits per heavy atom. The molecule has 0 unspecified atom stereocenters. The number of rotatable bonds is 5. The van der Waals surface area contributed by atoms with Gasteiger partial charge in [0.05, 0.1) is 6.07 Å². The molecule has 2 aromatic rings. The zero-order valence-electron chi connectivity index (χ0n) is 10.4. The van der Waals surface area contributed by atoms with Crippen molar-refractivity contribution in [3.8, 4) is 5.75 Å². The van der Waals surface area contributed by atoms with Crippen molar-refractivity contribution >= 4 is 0 Å². The Labute approximate surface area is 106 Å². The third-order valence-corrected chi connectivity index (χ3v) is 2.54. The molecule has 1 heterocycles. The van der Waals surface area contributed by atoms with Crippen LogP contribution in [-0.2, 0) is 13.0 Å². The highest BCUT2D eigenvalue weighted by Crippen LogP contribution is 2.13. The van der Waals surface area contributed by atoms with E-state index in [1.165, 1.54) is 6.07 Å². The van der Waals surface area contributed by atoms with E-state index >= 15 is 0 Å². The van der Waals surface area contributed by atoms with Crippen LogP contribution in [0.4, 0.5) is 0 Å². The van der Waals surface area contributed by atoms with Crippen LogP contribution in [0.5, 0.6) is 5.75 Å². The minimum absolute atomic E-state index is 0.357. The summed E-state index contributed by atoms with van der Waals surface area (Å²) in [6, 6.07) is 13.0. The third-order valence-electron chi connectivity index (χ3n) is 2.54. The average molecular weight is 244 g/mol. The Morgan fingerprint density at radius 3 is 2.67 bits per heavy atom. The zero-order chi connectivity index (χ0) is 12.8. The average Bonchev–Trinajstić information content (AvgIpc) is 2.37. The van der Waals surface area contributed by atoms with E-state index < -0.39 is 0 Å². The molecule has 2 rings (SSSR count). The normalized spacial score (nSPS) is 10.3. The van der Waals surface area contributed by atoms with Gasteiger partial charge in [-0.15, -0.1) is 0 Å². The van der Waals surface area contributed by atoms with Crippen LogP contribution in [0.1, 0.15) is 24.7 Å². The van der Waals surface area contributed by atoms with Gasteiger partial charge >= 0.3 is 5.63 Å². The zero-order valence-corrected chi connectivity index (χ0v) is 10.4. The quantitative estimate of drug-likeness (QED) is 0.811. The van der Waals surface area contributed by atoms with Gasteiger partial charge in [0.25, 0.3) is 0 Å². The second-order valence-electron chi connectivity index (χ2n) is 4.10. The molecule has 0 fully saturated rings. The van der Waals surface area contributed by atoms with E-state index in [1.54, 1.807) is 6.07 Å². The Bertz CT molecular complexity index is 543. The molecular formula is C15H16O3. The highest BCUT2D eigenvalue weighted by molar-refractivity contribution is 5.22. The van der Waals surface area contributed by atoms with E-state index in [9.17, 15) is 4.79 Å². The molecule has 0 bridgehead atoms. The summed E-state index contributed by atoms with van der Waals surface area (Å²) in [6.45, 7) is 2.49. The fourth-order valence-corrected chi connectivity index (χ4v) is 1.70. The van der Waals surface area contributed by atoms with Crippen LogP contribution in [0.25, 0.3) is 0 Å². The van der Waals surface area contributed by atoms with Crippen LogP contribution >= 0.6 is 0 Å². The van der Waals surface area contributed by atoms with Crippen LogP contribution in [0.3, 0.4) is 0 Å². The van der Waals surface area contributed by atoms with Gasteiger partial charge in [0.1, 0.15) is 18.1 Å². The summed E-state index contributed by atoms with van der Waals surface area (Å²) in [5.41, 5.74) is 0.715. The van der Waals surface area contributed by atoms with Gasteiger partial charge < -0.3 is 9.15 Å². The fraction of sp³-hybridized carbons (Fsp3) is 0.267. The Morgan fingerprint density at radius 1 is 1.17 bits per heavy atom. The Hall–Kier alpha value is -2.03. The van der Waals surface area contributed by atoms with Crippen molar-refractivity contribution in [2.24, 2.45) is 0 Å². The maximum atomic E-state index is 11.4. The molecule has 1 aromatic heterocycles. The van der Waals surface area contributed by atoms with Gasteiger partial charge in [-0.2, -0.15) is 0 Å². The number of hydrogen-bond donors (Lipinski definition) is 0. The van der Waals surface area contributed by atoms with Crippen molar-refractivity contribution in [3.63, 3.8) is 0 Å². The molecule has 1 aromatic carbocycles. The summed E-state index contributed by atoms with van der Waals surface area (Å²) in [4.78, 5) is 11.4. The lowest BCUT2D eigenvalue weighted by Gasteiger charge is -2.06. The van der Waals surface area contributed by atoms with Gasteiger partial charge in [0.15, 0.2) is 0 Å². The van der Waals surface area contributed by atoms with E-state index in [-0.39, 0.29) is 5.63 Å². The van der Waals surface area contributed by atoms with E-state index in [0.29, 0.717) is 18.1 Å². The molecule has 0 spiro atoms. The molecule has 0 aliphatic rings. The highest BCUT2D eigenvalue weighted by atomic mass is 16.5. The largest absolute Gasteiger partial charge is 0.489 e. The minimum Gasteiger partial charge on any atom is -0.489 e. The van der Waals surface area contributed by atoms with Gasteiger partial charge in [-0.3, -0.25) is 0 Å². The van der Waals surface area contributed by atoms with E-state index in [1.807, 2.05) is 37.3 Å². The Kier molecular flexibility index (Phi) is 4.18. The highest BCUT2D eigenvalue weighted by Gasteiger charge is 2.02. The molecule has 0 radical (unpaired) electrons. The van der Waals surface area contributed by atoms with Gasteiger partial charge in [-0.1, -0.05) is 37.3 Å². The molecule has 3 heteroatoms. The van der Waals surface area contributed by atoms with Crippen LogP contribution in [0, 0.1) is 0 Å². The van der Waals surface area contributed by atoms with Crippen molar-refractivity contribution < 1.29 is 9.15 Å². The molecule has 0 aliphatic heterocycles. The van der Waals surface area contributed by atoms with Gasteiger partial charge in [0.2, 0.25) is 0 Å². The lowest BCUT2D eigenvalue weighted by molar-refractivity contribution is 0.299. The molecule has 3 nitrogen and oxygen atoms in total. The van der Waals surface area contributed by atoms with E-state index in [0.717, 1.165) is 18.4 Å². The van der Waals surface area contributed by atoms with Gasteiger partial charge in [-0.05, 0) is 12.0 Å². The summed E-state index contributed by atoms with van der Waals surface area (Å²) >= 11 is 0. The first-order valence-electron chi connectivity index (χ1n) is 6.08. The van der Waals surface area contributed by atoms with Crippen molar-refractivity contribution in [2.75, 3.05) is 0 Å². The second-order valence-corrected chi connectivity index (χ2v) is 4.10. The molecule has 0 N–H and O–H groups in total. The predicted molar refractivity (Wildman–Crippen MR) is 69.7 cm³/mol. The molecular weight excluding hydrogens is 228 g/mol. The fourth-order valence-electron chi connectivity index (χ4n) is 1.70. The third kappa shape index (κ3) is 3.48. The summed E-state index contributed by atoms with van der Waals surface area (Å²) in [6.07, 6.45) is 1.68. The maximum absolute atomic E-state index is 11.4.